The maximum absolute atomic E-state index is 6.63. The van der Waals surface area contributed by atoms with Gasteiger partial charge in [0.2, 0.25) is 0 Å². The highest BCUT2D eigenvalue weighted by Crippen LogP contribution is 2.43. The van der Waals surface area contributed by atoms with Crippen molar-refractivity contribution >= 4 is 54.5 Å². The van der Waals surface area contributed by atoms with Crippen molar-refractivity contribution in [1.29, 1.82) is 0 Å². The summed E-state index contributed by atoms with van der Waals surface area (Å²) in [5.41, 5.74) is 12.0. The number of nitrogens with zero attached hydrogens (tertiary/aromatic N) is 2. The molecule has 0 fully saturated rings. The summed E-state index contributed by atoms with van der Waals surface area (Å²) >= 11 is 0. The maximum Gasteiger partial charge on any atom is 0.143 e. The summed E-state index contributed by atoms with van der Waals surface area (Å²) in [5.74, 6) is 0. The fourth-order valence-electron chi connectivity index (χ4n) is 6.44. The van der Waals surface area contributed by atoms with Crippen LogP contribution in [0.25, 0.3) is 76.8 Å². The summed E-state index contributed by atoms with van der Waals surface area (Å²) in [6.45, 7) is 6.45. The quantitative estimate of drug-likeness (QED) is 0.215. The lowest BCUT2D eigenvalue weighted by atomic mass is 9.90. The standard InChI is InChI=1S/C37H26N2O/c1-21-16-23(3)36-32(17-21)33-19-22(2)18-31(37(33)40-36)26-9-5-4-8-25(26)24-12-13-29-30(20-24)27-10-6-7-11-28(27)34-35(29)39-15-14-38-34/h4-20H,1-3H3. The highest BCUT2D eigenvalue weighted by Gasteiger charge is 2.18. The van der Waals surface area contributed by atoms with Crippen molar-refractivity contribution in [2.45, 2.75) is 20.8 Å². The molecule has 0 N–H and O–H groups in total. The zero-order chi connectivity index (χ0) is 27.0. The van der Waals surface area contributed by atoms with Gasteiger partial charge in [0.15, 0.2) is 0 Å². The smallest absolute Gasteiger partial charge is 0.143 e. The Balaban J connectivity index is 1.42. The zero-order valence-corrected chi connectivity index (χ0v) is 22.6. The van der Waals surface area contributed by atoms with E-state index >= 15 is 0 Å². The van der Waals surface area contributed by atoms with Gasteiger partial charge in [0.1, 0.15) is 11.2 Å². The van der Waals surface area contributed by atoms with Crippen LogP contribution in [0.2, 0.25) is 0 Å². The molecule has 40 heavy (non-hydrogen) atoms. The summed E-state index contributed by atoms with van der Waals surface area (Å²) in [6, 6.07) is 32.8. The van der Waals surface area contributed by atoms with Crippen LogP contribution in [0.15, 0.2) is 108 Å². The van der Waals surface area contributed by atoms with Gasteiger partial charge in [-0.05, 0) is 89.2 Å². The van der Waals surface area contributed by atoms with Gasteiger partial charge in [-0.25, -0.2) is 0 Å². The van der Waals surface area contributed by atoms with Crippen molar-refractivity contribution in [2.24, 2.45) is 0 Å². The number of rotatable bonds is 2. The number of hydrogen-bond donors (Lipinski definition) is 0. The van der Waals surface area contributed by atoms with Crippen molar-refractivity contribution in [2.75, 3.05) is 0 Å². The van der Waals surface area contributed by atoms with Crippen LogP contribution in [-0.2, 0) is 0 Å². The Kier molecular flexibility index (Phi) is 4.86. The Morgan fingerprint density at radius 2 is 1.10 bits per heavy atom. The third kappa shape index (κ3) is 3.31. The van der Waals surface area contributed by atoms with Crippen molar-refractivity contribution in [3.05, 3.63) is 120 Å². The van der Waals surface area contributed by atoms with E-state index in [2.05, 4.69) is 117 Å². The first-order valence-electron chi connectivity index (χ1n) is 13.7. The number of hydrogen-bond acceptors (Lipinski definition) is 3. The van der Waals surface area contributed by atoms with Gasteiger partial charge in [0, 0.05) is 39.5 Å². The molecule has 0 spiro atoms. The Morgan fingerprint density at radius 1 is 0.475 bits per heavy atom. The summed E-state index contributed by atoms with van der Waals surface area (Å²) < 4.78 is 6.63. The average Bonchev–Trinajstić information content (AvgIpc) is 3.35. The van der Waals surface area contributed by atoms with E-state index in [1.165, 1.54) is 43.8 Å². The second-order valence-corrected chi connectivity index (χ2v) is 10.9. The molecule has 8 rings (SSSR count). The third-order valence-electron chi connectivity index (χ3n) is 8.12. The van der Waals surface area contributed by atoms with Crippen LogP contribution in [0, 0.1) is 20.8 Å². The van der Waals surface area contributed by atoms with E-state index in [1.54, 1.807) is 12.4 Å². The van der Waals surface area contributed by atoms with Crippen molar-refractivity contribution < 1.29 is 4.42 Å². The van der Waals surface area contributed by atoms with E-state index in [4.69, 9.17) is 9.40 Å². The van der Waals surface area contributed by atoms with Gasteiger partial charge in [-0.15, -0.1) is 0 Å². The SMILES string of the molecule is Cc1cc(C)c2oc3c(-c4ccccc4-c4ccc5c(c4)c4ccccc4c4nccnc54)cc(C)cc3c2c1. The number of fused-ring (bicyclic) bond motifs is 9. The maximum atomic E-state index is 6.63. The van der Waals surface area contributed by atoms with Crippen molar-refractivity contribution in [3.63, 3.8) is 0 Å². The van der Waals surface area contributed by atoms with Gasteiger partial charge in [-0.3, -0.25) is 9.97 Å². The molecule has 190 valence electrons. The van der Waals surface area contributed by atoms with E-state index in [-0.39, 0.29) is 0 Å². The molecule has 0 amide bonds. The summed E-state index contributed by atoms with van der Waals surface area (Å²) in [6.07, 6.45) is 3.55. The highest BCUT2D eigenvalue weighted by molar-refractivity contribution is 6.23. The number of aryl methyl sites for hydroxylation is 3. The van der Waals surface area contributed by atoms with Gasteiger partial charge >= 0.3 is 0 Å². The molecule has 2 heterocycles. The monoisotopic (exact) mass is 514 g/mol. The van der Waals surface area contributed by atoms with Gasteiger partial charge in [0.25, 0.3) is 0 Å². The molecule has 0 aliphatic rings. The molecule has 0 atom stereocenters. The lowest BCUT2D eigenvalue weighted by Crippen LogP contribution is -1.90. The molecule has 0 saturated carbocycles. The van der Waals surface area contributed by atoms with Crippen LogP contribution in [-0.4, -0.2) is 9.97 Å². The van der Waals surface area contributed by atoms with E-state index in [0.29, 0.717) is 0 Å². The molecule has 0 aliphatic heterocycles. The molecule has 6 aromatic carbocycles. The van der Waals surface area contributed by atoms with Gasteiger partial charge in [-0.1, -0.05) is 66.7 Å². The van der Waals surface area contributed by atoms with Gasteiger partial charge < -0.3 is 4.42 Å². The van der Waals surface area contributed by atoms with Crippen LogP contribution >= 0.6 is 0 Å². The molecule has 2 aromatic heterocycles. The minimum atomic E-state index is 0.935. The van der Waals surface area contributed by atoms with E-state index in [0.717, 1.165) is 49.7 Å². The molecule has 3 heteroatoms. The summed E-state index contributed by atoms with van der Waals surface area (Å²) in [7, 11) is 0. The Labute approximate surface area is 231 Å². The van der Waals surface area contributed by atoms with Crippen molar-refractivity contribution in [1.82, 2.24) is 9.97 Å². The first-order valence-corrected chi connectivity index (χ1v) is 13.7. The Morgan fingerprint density at radius 3 is 1.88 bits per heavy atom. The molecule has 3 nitrogen and oxygen atoms in total. The molecule has 0 saturated heterocycles. The highest BCUT2D eigenvalue weighted by atomic mass is 16.3. The zero-order valence-electron chi connectivity index (χ0n) is 22.6. The number of aromatic nitrogens is 2. The molecular formula is C37H26N2O. The topological polar surface area (TPSA) is 38.9 Å². The molecule has 0 aliphatic carbocycles. The molecular weight excluding hydrogens is 488 g/mol. The van der Waals surface area contributed by atoms with Gasteiger partial charge in [-0.2, -0.15) is 0 Å². The fourth-order valence-corrected chi connectivity index (χ4v) is 6.44. The molecule has 0 radical (unpaired) electrons. The van der Waals surface area contributed by atoms with Gasteiger partial charge in [0.05, 0.1) is 11.0 Å². The van der Waals surface area contributed by atoms with Crippen LogP contribution in [0.1, 0.15) is 16.7 Å². The second kappa shape index (κ2) is 8.49. The van der Waals surface area contributed by atoms with Crippen molar-refractivity contribution in [3.8, 4) is 22.3 Å². The second-order valence-electron chi connectivity index (χ2n) is 10.9. The minimum absolute atomic E-state index is 0.935. The Bertz CT molecular complexity index is 2270. The predicted octanol–water partition coefficient (Wildman–Crippen LogP) is 10.1. The van der Waals surface area contributed by atoms with Crippen LogP contribution < -0.4 is 0 Å². The fraction of sp³-hybridized carbons (Fsp3) is 0.0811. The minimum Gasteiger partial charge on any atom is -0.455 e. The van der Waals surface area contributed by atoms with Crippen LogP contribution in [0.4, 0.5) is 0 Å². The average molecular weight is 515 g/mol. The normalized spacial score (nSPS) is 11.9. The van der Waals surface area contributed by atoms with E-state index in [1.807, 2.05) is 0 Å². The lowest BCUT2D eigenvalue weighted by molar-refractivity contribution is 0.666. The van der Waals surface area contributed by atoms with Crippen LogP contribution in [0.3, 0.4) is 0 Å². The van der Waals surface area contributed by atoms with E-state index < -0.39 is 0 Å². The first kappa shape index (κ1) is 22.9. The summed E-state index contributed by atoms with van der Waals surface area (Å²) in [5, 5.41) is 6.95. The number of benzene rings is 6. The third-order valence-corrected chi connectivity index (χ3v) is 8.12. The van der Waals surface area contributed by atoms with E-state index in [9.17, 15) is 0 Å². The van der Waals surface area contributed by atoms with Crippen LogP contribution in [0.5, 0.6) is 0 Å². The Hall–Kier alpha value is -5.02. The molecule has 8 aromatic rings. The predicted molar refractivity (Wildman–Crippen MR) is 167 cm³/mol. The largest absolute Gasteiger partial charge is 0.455 e. The molecule has 0 unspecified atom stereocenters. The first-order chi connectivity index (χ1) is 19.6. The lowest BCUT2D eigenvalue weighted by Gasteiger charge is -2.14. The summed E-state index contributed by atoms with van der Waals surface area (Å²) in [4.78, 5) is 9.42. The molecule has 0 bridgehead atoms. The number of furan rings is 1.